The van der Waals surface area contributed by atoms with E-state index in [0.29, 0.717) is 0 Å². The predicted octanol–water partition coefficient (Wildman–Crippen LogP) is 3.18. The van der Waals surface area contributed by atoms with Crippen molar-refractivity contribution < 1.29 is 24.7 Å². The van der Waals surface area contributed by atoms with E-state index in [2.05, 4.69) is 26.0 Å². The van der Waals surface area contributed by atoms with Crippen molar-refractivity contribution in [1.82, 2.24) is 0 Å². The molecule has 1 aliphatic rings. The first-order chi connectivity index (χ1) is 5.24. The van der Waals surface area contributed by atoms with Crippen molar-refractivity contribution >= 4 is 0 Å². The zero-order valence-corrected chi connectivity index (χ0v) is 9.81. The van der Waals surface area contributed by atoms with E-state index < -0.39 is 0 Å². The van der Waals surface area contributed by atoms with Gasteiger partial charge in [0.25, 0.3) is 0 Å². The Bertz CT molecular complexity index is 189. The molecule has 59 valence electrons. The van der Waals surface area contributed by atoms with Crippen LogP contribution < -0.4 is 0 Å². The summed E-state index contributed by atoms with van der Waals surface area (Å²) in [6, 6.07) is 0. The maximum absolute atomic E-state index is 2.39. The first-order valence-corrected chi connectivity index (χ1v) is 5.59. The third-order valence-electron chi connectivity index (χ3n) is 2.19. The van der Waals surface area contributed by atoms with Crippen molar-refractivity contribution in [3.8, 4) is 0 Å². The van der Waals surface area contributed by atoms with Gasteiger partial charge in [0.15, 0.2) is 0 Å². The second-order valence-electron chi connectivity index (χ2n) is 3.27. The third kappa shape index (κ3) is 2.71. The summed E-state index contributed by atoms with van der Waals surface area (Å²) in [7, 11) is 0. The molecular weight excluding hydrogens is 211 g/mol. The molecule has 0 aliphatic heterocycles. The zero-order valence-electron chi connectivity index (χ0n) is 7.35. The van der Waals surface area contributed by atoms with Gasteiger partial charge >= 0.3 is 84.8 Å². The summed E-state index contributed by atoms with van der Waals surface area (Å²) in [4.78, 5) is 0. The second-order valence-corrected chi connectivity index (χ2v) is 4.85. The van der Waals surface area contributed by atoms with Gasteiger partial charge in [-0.15, -0.1) is 0 Å². The summed E-state index contributed by atoms with van der Waals surface area (Å²) in [6.45, 7) is 4.59. The molecule has 0 aromatic heterocycles. The molecule has 0 nitrogen and oxygen atoms in total. The van der Waals surface area contributed by atoms with Crippen molar-refractivity contribution in [2.45, 2.75) is 33.1 Å². The monoisotopic (exact) mass is 225 g/mol. The summed E-state index contributed by atoms with van der Waals surface area (Å²) in [5.41, 5.74) is 1.58. The molecule has 0 aromatic rings. The van der Waals surface area contributed by atoms with Gasteiger partial charge in [0.2, 0.25) is 0 Å². The fraction of sp³-hybridized carbons (Fsp3) is 0.600. The summed E-state index contributed by atoms with van der Waals surface area (Å²) < 4.78 is 1.61. The number of hydrogen-bond acceptors (Lipinski definition) is 0. The molecule has 0 aromatic carbocycles. The Morgan fingerprint density at radius 2 is 2.36 bits per heavy atom. The van der Waals surface area contributed by atoms with E-state index in [0.717, 1.165) is 5.92 Å². The van der Waals surface area contributed by atoms with Crippen LogP contribution in [0.5, 0.6) is 0 Å². The van der Waals surface area contributed by atoms with Crippen molar-refractivity contribution in [1.29, 1.82) is 0 Å². The summed E-state index contributed by atoms with van der Waals surface area (Å²) in [5, 5.41) is 0. The van der Waals surface area contributed by atoms with Crippen LogP contribution in [0, 0.1) is 5.92 Å². The van der Waals surface area contributed by atoms with Gasteiger partial charge in [0.05, 0.1) is 0 Å². The molecule has 0 bridgehead atoms. The summed E-state index contributed by atoms with van der Waals surface area (Å²) in [5.74, 6) is 0.790. The van der Waals surface area contributed by atoms with Crippen molar-refractivity contribution in [3.63, 3.8) is 0 Å². The molecule has 0 N–H and O–H groups in total. The Labute approximate surface area is 84.6 Å². The molecule has 0 radical (unpaired) electrons. The minimum absolute atomic E-state index is 0.790. The van der Waals surface area contributed by atoms with Crippen LogP contribution in [0.2, 0.25) is 0 Å². The maximum atomic E-state index is 2.39. The topological polar surface area (TPSA) is 0 Å². The second kappa shape index (κ2) is 4.40. The standard InChI is InChI=1S/C10H15.Zr/c1-3-6-9(2)10-7-4-5-8-10;/h7-9H,3-4,6H2,1-2H3;. The van der Waals surface area contributed by atoms with Gasteiger partial charge in [-0.05, 0) is 0 Å². The van der Waals surface area contributed by atoms with E-state index in [1.54, 1.807) is 33.6 Å². The van der Waals surface area contributed by atoms with Gasteiger partial charge < -0.3 is 0 Å². The molecule has 0 spiro atoms. The molecule has 1 atom stereocenters. The van der Waals surface area contributed by atoms with Gasteiger partial charge in [-0.1, -0.05) is 0 Å². The molecule has 1 aliphatic carbocycles. The third-order valence-corrected chi connectivity index (χ3v) is 3.05. The van der Waals surface area contributed by atoms with E-state index in [-0.39, 0.29) is 0 Å². The van der Waals surface area contributed by atoms with Crippen LogP contribution in [0.4, 0.5) is 0 Å². The molecule has 1 unspecified atom stereocenters. The Balaban J connectivity index is 2.48. The molecule has 11 heavy (non-hydrogen) atoms. The Morgan fingerprint density at radius 3 is 2.82 bits per heavy atom. The van der Waals surface area contributed by atoms with Gasteiger partial charge in [0, 0.05) is 0 Å². The van der Waals surface area contributed by atoms with Crippen LogP contribution in [0.25, 0.3) is 0 Å². The van der Waals surface area contributed by atoms with E-state index in [1.807, 2.05) is 0 Å². The van der Waals surface area contributed by atoms with E-state index in [9.17, 15) is 0 Å². The zero-order chi connectivity index (χ0) is 8.27. The first-order valence-electron chi connectivity index (χ1n) is 4.36. The van der Waals surface area contributed by atoms with Gasteiger partial charge in [-0.25, -0.2) is 0 Å². The van der Waals surface area contributed by atoms with E-state index in [4.69, 9.17) is 0 Å². The minimum atomic E-state index is 0.790. The number of rotatable bonds is 3. The summed E-state index contributed by atoms with van der Waals surface area (Å²) >= 11 is 1.59. The van der Waals surface area contributed by atoms with Crippen LogP contribution in [0.1, 0.15) is 33.1 Å². The molecule has 0 saturated heterocycles. The SMILES string of the molecule is CCCC(C)C1=CC[C]([Zr])=C1. The van der Waals surface area contributed by atoms with Crippen molar-refractivity contribution in [3.05, 3.63) is 21.0 Å². The first kappa shape index (κ1) is 9.45. The van der Waals surface area contributed by atoms with Gasteiger partial charge in [0.1, 0.15) is 0 Å². The van der Waals surface area contributed by atoms with E-state index in [1.165, 1.54) is 19.3 Å². The molecular formula is C10H15Zr. The van der Waals surface area contributed by atoms with Crippen LogP contribution in [-0.4, -0.2) is 0 Å². The van der Waals surface area contributed by atoms with Crippen molar-refractivity contribution in [2.24, 2.45) is 5.92 Å². The molecule has 0 amide bonds. The van der Waals surface area contributed by atoms with Crippen LogP contribution in [0.15, 0.2) is 21.0 Å². The average molecular weight is 226 g/mol. The molecule has 1 rings (SSSR count). The van der Waals surface area contributed by atoms with Gasteiger partial charge in [-0.2, -0.15) is 0 Å². The van der Waals surface area contributed by atoms with Crippen LogP contribution in [0.3, 0.4) is 0 Å². The van der Waals surface area contributed by atoms with Gasteiger partial charge in [-0.3, -0.25) is 0 Å². The fourth-order valence-electron chi connectivity index (χ4n) is 1.49. The number of hydrogen-bond donors (Lipinski definition) is 0. The average Bonchev–Trinajstić information content (AvgIpc) is 2.36. The van der Waals surface area contributed by atoms with Crippen LogP contribution in [-0.2, 0) is 24.7 Å². The Kier molecular flexibility index (Phi) is 3.78. The molecule has 1 heteroatoms. The molecule has 0 heterocycles. The Hall–Kier alpha value is 0.363. The van der Waals surface area contributed by atoms with E-state index >= 15 is 0 Å². The quantitative estimate of drug-likeness (QED) is 0.693. The molecule has 0 saturated carbocycles. The van der Waals surface area contributed by atoms with Crippen molar-refractivity contribution in [2.75, 3.05) is 0 Å². The summed E-state index contributed by atoms with van der Waals surface area (Å²) in [6.07, 6.45) is 8.65. The Morgan fingerprint density at radius 1 is 1.64 bits per heavy atom. The molecule has 0 fully saturated rings. The number of allylic oxidation sites excluding steroid dienone is 4. The normalized spacial score (nSPS) is 19.4. The van der Waals surface area contributed by atoms with Crippen LogP contribution >= 0.6 is 0 Å². The predicted molar refractivity (Wildman–Crippen MR) is 44.9 cm³/mol. The fourth-order valence-corrected chi connectivity index (χ4v) is 2.15.